The number of carbonyl (C=O) groups is 4. The molecule has 18 heteroatoms. The summed E-state index contributed by atoms with van der Waals surface area (Å²) in [6.07, 6.45) is 3.34. The van der Waals surface area contributed by atoms with Crippen LogP contribution in [-0.2, 0) is 0 Å². The smallest absolute Gasteiger partial charge is 0.423 e. The van der Waals surface area contributed by atoms with Crippen LogP contribution in [0.1, 0.15) is 40.3 Å². The average Bonchev–Trinajstić information content (AvgIpc) is 4.18. The van der Waals surface area contributed by atoms with Gasteiger partial charge >= 0.3 is 7.12 Å². The molecular formula is C56H54BBrN8O6S2. The molecule has 0 atom stereocenters. The van der Waals surface area contributed by atoms with Gasteiger partial charge in [0.2, 0.25) is 0 Å². The second-order valence-corrected chi connectivity index (χ2v) is 21.3. The van der Waals surface area contributed by atoms with Crippen LogP contribution < -0.4 is 5.46 Å². The number of halogens is 1. The van der Waals surface area contributed by atoms with Crippen molar-refractivity contribution in [3.05, 3.63) is 182 Å². The van der Waals surface area contributed by atoms with Crippen molar-refractivity contribution in [3.8, 4) is 11.1 Å². The van der Waals surface area contributed by atoms with Crippen LogP contribution in [0.4, 0.5) is 0 Å². The fourth-order valence-electron chi connectivity index (χ4n) is 9.87. The Hall–Kier alpha value is -6.64. The number of piperazine rings is 2. The molecule has 6 aromatic carbocycles. The van der Waals surface area contributed by atoms with E-state index in [0.29, 0.717) is 53.7 Å². The Morgan fingerprint density at radius 1 is 0.500 bits per heavy atom. The van der Waals surface area contributed by atoms with Gasteiger partial charge in [0.25, 0.3) is 23.6 Å². The molecule has 8 aromatic rings. The molecule has 4 fully saturated rings. The molecule has 4 saturated heterocycles. The van der Waals surface area contributed by atoms with E-state index >= 15 is 0 Å². The van der Waals surface area contributed by atoms with Crippen LogP contribution in [0.15, 0.2) is 161 Å². The minimum Gasteiger partial charge on any atom is -0.423 e. The Balaban J connectivity index is 0.000000146. The summed E-state index contributed by atoms with van der Waals surface area (Å²) in [7, 11) is -1.34. The van der Waals surface area contributed by atoms with E-state index in [1.807, 2.05) is 103 Å². The third-order valence-corrected chi connectivity index (χ3v) is 16.4. The molecule has 0 radical (unpaired) electrons. The Morgan fingerprint density at radius 3 is 1.42 bits per heavy atom. The summed E-state index contributed by atoms with van der Waals surface area (Å²) in [4.78, 5) is 71.7. The van der Waals surface area contributed by atoms with Crippen LogP contribution in [0.2, 0.25) is 0 Å². The van der Waals surface area contributed by atoms with E-state index in [0.717, 1.165) is 89.5 Å². The van der Waals surface area contributed by atoms with Gasteiger partial charge in [-0.2, -0.15) is 0 Å². The maximum Gasteiger partial charge on any atom is 0.488 e. The minimum atomic E-state index is -1.34. The maximum absolute atomic E-state index is 13.2. The molecule has 74 heavy (non-hydrogen) atoms. The van der Waals surface area contributed by atoms with Gasteiger partial charge in [0.15, 0.2) is 10.0 Å². The van der Waals surface area contributed by atoms with E-state index in [9.17, 15) is 19.2 Å². The zero-order valence-electron chi connectivity index (χ0n) is 40.5. The zero-order chi connectivity index (χ0) is 51.1. The number of thiazole rings is 2. The highest BCUT2D eigenvalue weighted by Gasteiger charge is 2.39. The zero-order valence-corrected chi connectivity index (χ0v) is 43.7. The number of benzene rings is 6. The lowest BCUT2D eigenvalue weighted by Gasteiger charge is -2.48. The summed E-state index contributed by atoms with van der Waals surface area (Å²) in [5, 5.41) is 26.4. The fourth-order valence-corrected chi connectivity index (χ4v) is 11.6. The molecule has 12 rings (SSSR count). The Kier molecular flexibility index (Phi) is 16.0. The van der Waals surface area contributed by atoms with Crippen molar-refractivity contribution in [1.29, 1.82) is 0 Å². The fraction of sp³-hybridized carbons (Fsp3) is 0.250. The Labute approximate surface area is 446 Å². The van der Waals surface area contributed by atoms with E-state index < -0.39 is 7.12 Å². The van der Waals surface area contributed by atoms with Crippen molar-refractivity contribution in [3.63, 3.8) is 0 Å². The standard InChI is InChI=1S/C28H26N4O2S.C22H21BrN4O2S.C6H7BO2/c33-27(22-9-10-25-21(17-22)7-4-8-24(25)20-5-2-1-3-6-20)32-18-23(19-32)30-12-14-31(15-13-30)28(34)26-29-11-16-35-26;23-19-3-1-2-15-12-16(4-5-18(15)19)21(28)27-13-17(14-27)25-7-9-26(10-8-25)22(29)20-24-6-11-30-20;8-7(9)6-4-2-1-3-5-6/h1-11,16-17,23H,12-15,18-19H2;1-6,11-12,17H,7-10,13-14H2;1-5,8-9H. The van der Waals surface area contributed by atoms with Gasteiger partial charge in [-0.1, -0.05) is 119 Å². The highest BCUT2D eigenvalue weighted by Crippen LogP contribution is 2.31. The second-order valence-electron chi connectivity index (χ2n) is 18.6. The van der Waals surface area contributed by atoms with Gasteiger partial charge in [-0.3, -0.25) is 29.0 Å². The van der Waals surface area contributed by atoms with Crippen LogP contribution in [-0.4, -0.2) is 171 Å². The first-order chi connectivity index (χ1) is 36.1. The first-order valence-corrected chi connectivity index (χ1v) is 27.2. The molecule has 14 nitrogen and oxygen atoms in total. The van der Waals surface area contributed by atoms with Gasteiger partial charge in [0.05, 0.1) is 0 Å². The van der Waals surface area contributed by atoms with E-state index in [1.165, 1.54) is 33.8 Å². The van der Waals surface area contributed by atoms with Crippen LogP contribution in [0.5, 0.6) is 0 Å². The number of amides is 4. The predicted octanol–water partition coefficient (Wildman–Crippen LogP) is 6.95. The number of aromatic nitrogens is 2. The third-order valence-electron chi connectivity index (χ3n) is 14.1. The van der Waals surface area contributed by atoms with Gasteiger partial charge in [-0.15, -0.1) is 22.7 Å². The summed E-state index contributed by atoms with van der Waals surface area (Å²) >= 11 is 6.34. The normalized spacial score (nSPS) is 16.4. The topological polar surface area (TPSA) is 154 Å². The van der Waals surface area contributed by atoms with E-state index in [2.05, 4.69) is 72.1 Å². The average molecular weight is 1090 g/mol. The molecule has 0 spiro atoms. The first kappa shape index (κ1) is 50.9. The summed E-state index contributed by atoms with van der Waals surface area (Å²) in [5.41, 5.74) is 4.35. The summed E-state index contributed by atoms with van der Waals surface area (Å²) < 4.78 is 1.04. The molecule has 2 N–H and O–H groups in total. The lowest BCUT2D eigenvalue weighted by Crippen LogP contribution is -2.64. The lowest BCUT2D eigenvalue weighted by molar-refractivity contribution is 0.00807. The number of rotatable bonds is 8. The molecular weight excluding hydrogens is 1040 g/mol. The molecule has 0 bridgehead atoms. The lowest BCUT2D eigenvalue weighted by atomic mass is 9.81. The quantitative estimate of drug-likeness (QED) is 0.153. The second kappa shape index (κ2) is 23.3. The van der Waals surface area contributed by atoms with Gasteiger partial charge < -0.3 is 29.6 Å². The summed E-state index contributed by atoms with van der Waals surface area (Å²) in [6.45, 7) is 9.15. The van der Waals surface area contributed by atoms with Gasteiger partial charge in [0.1, 0.15) is 0 Å². The molecule has 4 aliphatic rings. The van der Waals surface area contributed by atoms with Crippen molar-refractivity contribution < 1.29 is 29.2 Å². The highest BCUT2D eigenvalue weighted by molar-refractivity contribution is 9.10. The number of hydrogen-bond donors (Lipinski definition) is 2. The van der Waals surface area contributed by atoms with E-state index in [4.69, 9.17) is 10.0 Å². The van der Waals surface area contributed by atoms with Crippen molar-refractivity contribution in [2.24, 2.45) is 0 Å². The van der Waals surface area contributed by atoms with Crippen LogP contribution >= 0.6 is 38.6 Å². The molecule has 4 aliphatic heterocycles. The van der Waals surface area contributed by atoms with Crippen molar-refractivity contribution in [2.75, 3.05) is 78.5 Å². The minimum absolute atomic E-state index is 0.0248. The van der Waals surface area contributed by atoms with Crippen molar-refractivity contribution in [2.45, 2.75) is 12.1 Å². The Morgan fingerprint density at radius 2 is 0.959 bits per heavy atom. The molecule has 376 valence electrons. The van der Waals surface area contributed by atoms with Crippen molar-refractivity contribution in [1.82, 2.24) is 39.4 Å². The molecule has 0 saturated carbocycles. The SMILES string of the molecule is O=C(c1ccc2c(-c3ccccc3)cccc2c1)N1CC(N2CCN(C(=O)c3nccs3)CC2)C1.O=C(c1ccc2c(Br)cccc2c1)N1CC(N2CCN(C(=O)c3nccs3)CC2)C1.OB(O)c1ccccc1. The van der Waals surface area contributed by atoms with Gasteiger partial charge in [-0.05, 0) is 68.5 Å². The molecule has 6 heterocycles. The number of likely N-dealkylation sites (tertiary alicyclic amines) is 2. The first-order valence-electron chi connectivity index (χ1n) is 24.7. The third kappa shape index (κ3) is 11.5. The number of carbonyl (C=O) groups excluding carboxylic acids is 4. The maximum atomic E-state index is 13.2. The van der Waals surface area contributed by atoms with Crippen LogP contribution in [0.3, 0.4) is 0 Å². The Bertz CT molecular complexity index is 3220. The molecule has 2 aromatic heterocycles. The van der Waals surface area contributed by atoms with Crippen LogP contribution in [0, 0.1) is 0 Å². The number of hydrogen-bond acceptors (Lipinski definition) is 12. The van der Waals surface area contributed by atoms with Crippen LogP contribution in [0.25, 0.3) is 32.7 Å². The van der Waals surface area contributed by atoms with Gasteiger partial charge in [0, 0.05) is 129 Å². The summed E-state index contributed by atoms with van der Waals surface area (Å²) in [5.74, 6) is 0.228. The molecule has 0 unspecified atom stereocenters. The van der Waals surface area contributed by atoms with Gasteiger partial charge in [-0.25, -0.2) is 9.97 Å². The van der Waals surface area contributed by atoms with E-state index in [-0.39, 0.29) is 23.6 Å². The monoisotopic (exact) mass is 1090 g/mol. The van der Waals surface area contributed by atoms with E-state index in [1.54, 1.807) is 36.7 Å². The number of fused-ring (bicyclic) bond motifs is 2. The molecule has 0 aliphatic carbocycles. The summed E-state index contributed by atoms with van der Waals surface area (Å²) in [6, 6.07) is 43.9. The largest absolute Gasteiger partial charge is 0.488 e. The number of nitrogens with zero attached hydrogens (tertiary/aromatic N) is 8. The molecule has 4 amide bonds. The van der Waals surface area contributed by atoms with Crippen molar-refractivity contribution >= 4 is 96.4 Å². The highest BCUT2D eigenvalue weighted by atomic mass is 79.9. The predicted molar refractivity (Wildman–Crippen MR) is 296 cm³/mol.